The van der Waals surface area contributed by atoms with Crippen LogP contribution in [-0.2, 0) is 6.42 Å². The van der Waals surface area contributed by atoms with Crippen LogP contribution in [0.4, 0.5) is 0 Å². The predicted octanol–water partition coefficient (Wildman–Crippen LogP) is 4.61. The summed E-state index contributed by atoms with van der Waals surface area (Å²) in [5, 5.41) is 8.71. The second kappa shape index (κ2) is 6.61. The Hall–Kier alpha value is -1.07. The van der Waals surface area contributed by atoms with Crippen LogP contribution in [0.3, 0.4) is 0 Å². The van der Waals surface area contributed by atoms with Gasteiger partial charge in [-0.25, -0.2) is 0 Å². The van der Waals surface area contributed by atoms with Crippen LogP contribution in [0.15, 0.2) is 24.3 Å². The van der Waals surface area contributed by atoms with Crippen molar-refractivity contribution in [1.29, 1.82) is 5.26 Å². The molecule has 1 rings (SSSR count). The highest BCUT2D eigenvalue weighted by atomic mass is 28.3. The van der Waals surface area contributed by atoms with Gasteiger partial charge in [0.25, 0.3) is 0 Å². The molecule has 0 aliphatic rings. The zero-order valence-corrected chi connectivity index (χ0v) is 12.3. The van der Waals surface area contributed by atoms with Crippen LogP contribution >= 0.6 is 0 Å². The first-order chi connectivity index (χ1) is 8.07. The normalized spacial score (nSPS) is 11.2. The zero-order valence-electron chi connectivity index (χ0n) is 11.3. The van der Waals surface area contributed by atoms with E-state index in [2.05, 4.69) is 38.2 Å². The smallest absolute Gasteiger partial charge is 0.0991 e. The van der Waals surface area contributed by atoms with Crippen LogP contribution in [0.5, 0.6) is 0 Å². The van der Waals surface area contributed by atoms with Gasteiger partial charge in [0.2, 0.25) is 0 Å². The molecule has 0 saturated carbocycles. The minimum absolute atomic E-state index is 0.758. The third-order valence-electron chi connectivity index (χ3n) is 3.61. The molecule has 17 heavy (non-hydrogen) atoms. The van der Waals surface area contributed by atoms with Crippen molar-refractivity contribution in [3.63, 3.8) is 0 Å². The Morgan fingerprint density at radius 1 is 1.12 bits per heavy atom. The Morgan fingerprint density at radius 2 is 1.76 bits per heavy atom. The minimum Gasteiger partial charge on any atom is -0.192 e. The molecule has 0 aromatic heterocycles. The Balaban J connectivity index is 2.29. The lowest BCUT2D eigenvalue weighted by atomic mass is 10.1. The van der Waals surface area contributed by atoms with E-state index in [0.717, 1.165) is 12.0 Å². The quantitative estimate of drug-likeness (QED) is 0.530. The Bertz CT molecular complexity index is 373. The van der Waals surface area contributed by atoms with Crippen molar-refractivity contribution in [1.82, 2.24) is 0 Å². The third-order valence-corrected chi connectivity index (χ3v) is 7.23. The van der Waals surface area contributed by atoms with Crippen LogP contribution in [0.1, 0.15) is 30.9 Å². The average Bonchev–Trinajstić information content (AvgIpc) is 2.35. The van der Waals surface area contributed by atoms with E-state index in [9.17, 15) is 0 Å². The molecule has 0 aliphatic carbocycles. The number of hydrogen-bond acceptors (Lipinski definition) is 1. The fourth-order valence-electron chi connectivity index (χ4n) is 1.86. The molecule has 0 N–H and O–H groups in total. The molecule has 2 heteroatoms. The summed E-state index contributed by atoms with van der Waals surface area (Å²) in [4.78, 5) is 0. The minimum atomic E-state index is -0.873. The fraction of sp³-hybridized carbons (Fsp3) is 0.533. The summed E-state index contributed by atoms with van der Waals surface area (Å²) >= 11 is 0. The van der Waals surface area contributed by atoms with Crippen molar-refractivity contribution in [2.45, 2.75) is 51.4 Å². The lowest BCUT2D eigenvalue weighted by Gasteiger charge is -2.19. The van der Waals surface area contributed by atoms with Crippen LogP contribution in [0, 0.1) is 11.3 Å². The number of unbranched alkanes of at least 4 members (excludes halogenated alkanes) is 1. The first-order valence-corrected chi connectivity index (χ1v) is 9.98. The largest absolute Gasteiger partial charge is 0.192 e. The van der Waals surface area contributed by atoms with E-state index in [1.165, 1.54) is 30.5 Å². The van der Waals surface area contributed by atoms with E-state index < -0.39 is 8.07 Å². The number of nitrogens with zero attached hydrogens (tertiary/aromatic N) is 1. The molecule has 92 valence electrons. The molecule has 0 saturated heterocycles. The standard InChI is InChI=1S/C15H23NSi/c1-4-17(2,3)12-6-5-7-14-8-10-15(13-16)11-9-14/h8-11H,4-7,12H2,1-3H3. The molecule has 0 spiro atoms. The van der Waals surface area contributed by atoms with Crippen LogP contribution in [0.25, 0.3) is 0 Å². The maximum Gasteiger partial charge on any atom is 0.0991 e. The lowest BCUT2D eigenvalue weighted by molar-refractivity contribution is 0.782. The van der Waals surface area contributed by atoms with Crippen molar-refractivity contribution in [3.05, 3.63) is 35.4 Å². The highest BCUT2D eigenvalue weighted by molar-refractivity contribution is 6.77. The van der Waals surface area contributed by atoms with Gasteiger partial charge in [0.15, 0.2) is 0 Å². The number of aryl methyl sites for hydroxylation is 1. The SMILES string of the molecule is CC[Si](C)(C)CCCCc1ccc(C#N)cc1. The highest BCUT2D eigenvalue weighted by Gasteiger charge is 2.16. The topological polar surface area (TPSA) is 23.8 Å². The van der Waals surface area contributed by atoms with Gasteiger partial charge < -0.3 is 0 Å². The monoisotopic (exact) mass is 245 g/mol. The van der Waals surface area contributed by atoms with Crippen molar-refractivity contribution < 1.29 is 0 Å². The third kappa shape index (κ3) is 5.19. The number of hydrogen-bond donors (Lipinski definition) is 0. The van der Waals surface area contributed by atoms with E-state index in [1.54, 1.807) is 0 Å². The van der Waals surface area contributed by atoms with Gasteiger partial charge in [0.05, 0.1) is 11.6 Å². The maximum atomic E-state index is 8.71. The molecule has 1 aromatic rings. The molecule has 0 bridgehead atoms. The van der Waals surface area contributed by atoms with Gasteiger partial charge in [-0.3, -0.25) is 0 Å². The van der Waals surface area contributed by atoms with Gasteiger partial charge >= 0.3 is 0 Å². The molecule has 0 radical (unpaired) electrons. The predicted molar refractivity (Wildman–Crippen MR) is 76.9 cm³/mol. The molecule has 0 unspecified atom stereocenters. The Kier molecular flexibility index (Phi) is 5.44. The Labute approximate surface area is 106 Å². The van der Waals surface area contributed by atoms with E-state index in [1.807, 2.05) is 12.1 Å². The van der Waals surface area contributed by atoms with Gasteiger partial charge in [-0.05, 0) is 30.5 Å². The van der Waals surface area contributed by atoms with E-state index in [0.29, 0.717) is 0 Å². The van der Waals surface area contributed by atoms with Crippen molar-refractivity contribution in [2.75, 3.05) is 0 Å². The zero-order chi connectivity index (χ0) is 12.7. The van der Waals surface area contributed by atoms with Gasteiger partial charge in [-0.15, -0.1) is 0 Å². The first-order valence-electron chi connectivity index (χ1n) is 6.56. The van der Waals surface area contributed by atoms with E-state index >= 15 is 0 Å². The van der Waals surface area contributed by atoms with Gasteiger partial charge in [0, 0.05) is 8.07 Å². The summed E-state index contributed by atoms with van der Waals surface area (Å²) in [6, 6.07) is 13.0. The van der Waals surface area contributed by atoms with Crippen molar-refractivity contribution in [3.8, 4) is 6.07 Å². The van der Waals surface area contributed by atoms with Crippen molar-refractivity contribution in [2.24, 2.45) is 0 Å². The second-order valence-electron chi connectivity index (χ2n) is 5.53. The summed E-state index contributed by atoms with van der Waals surface area (Å²) in [5.41, 5.74) is 2.12. The van der Waals surface area contributed by atoms with Gasteiger partial charge in [-0.1, -0.05) is 50.7 Å². The molecule has 0 fully saturated rings. The lowest BCUT2D eigenvalue weighted by Crippen LogP contribution is -2.22. The fourth-order valence-corrected chi connectivity index (χ4v) is 3.42. The average molecular weight is 245 g/mol. The van der Waals surface area contributed by atoms with Crippen molar-refractivity contribution >= 4 is 8.07 Å². The van der Waals surface area contributed by atoms with Gasteiger partial charge in [0.1, 0.15) is 0 Å². The second-order valence-corrected chi connectivity index (χ2v) is 11.1. The van der Waals surface area contributed by atoms with Crippen LogP contribution in [0.2, 0.25) is 25.2 Å². The number of nitriles is 1. The van der Waals surface area contributed by atoms with E-state index in [4.69, 9.17) is 5.26 Å². The Morgan fingerprint density at radius 3 is 2.29 bits per heavy atom. The van der Waals surface area contributed by atoms with Crippen LogP contribution < -0.4 is 0 Å². The van der Waals surface area contributed by atoms with E-state index in [-0.39, 0.29) is 0 Å². The summed E-state index contributed by atoms with van der Waals surface area (Å²) < 4.78 is 0. The summed E-state index contributed by atoms with van der Waals surface area (Å²) in [7, 11) is -0.873. The summed E-state index contributed by atoms with van der Waals surface area (Å²) in [6.07, 6.45) is 3.79. The molecule has 0 aliphatic heterocycles. The summed E-state index contributed by atoms with van der Waals surface area (Å²) in [5.74, 6) is 0. The van der Waals surface area contributed by atoms with Gasteiger partial charge in [-0.2, -0.15) is 5.26 Å². The van der Waals surface area contributed by atoms with Crippen LogP contribution in [-0.4, -0.2) is 8.07 Å². The molecule has 0 amide bonds. The number of benzene rings is 1. The highest BCUT2D eigenvalue weighted by Crippen LogP contribution is 2.19. The number of rotatable bonds is 6. The first kappa shape index (κ1) is 14.0. The maximum absolute atomic E-state index is 8.71. The molecule has 0 heterocycles. The molecule has 1 aromatic carbocycles. The summed E-state index contributed by atoms with van der Waals surface area (Å²) in [6.45, 7) is 7.29. The molecule has 0 atom stereocenters. The molecular weight excluding hydrogens is 222 g/mol. The molecular formula is C15H23NSi. The molecule has 1 nitrogen and oxygen atoms in total.